The lowest BCUT2D eigenvalue weighted by Crippen LogP contribution is -2.00. The molecular weight excluding hydrogens is 322 g/mol. The SMILES string of the molecule is CCCCCCCCc1ccc(O)c(-n2nc3ccc(CC)cc3n2)c1. The van der Waals surface area contributed by atoms with Crippen molar-refractivity contribution >= 4 is 11.0 Å². The van der Waals surface area contributed by atoms with Gasteiger partial charge in [-0.3, -0.25) is 0 Å². The van der Waals surface area contributed by atoms with Gasteiger partial charge in [-0.25, -0.2) is 0 Å². The largest absolute Gasteiger partial charge is 0.506 e. The van der Waals surface area contributed by atoms with Gasteiger partial charge < -0.3 is 5.11 Å². The van der Waals surface area contributed by atoms with Gasteiger partial charge in [0, 0.05) is 0 Å². The number of fused-ring (bicyclic) bond motifs is 1. The van der Waals surface area contributed by atoms with Crippen molar-refractivity contribution < 1.29 is 5.11 Å². The molecule has 0 aliphatic heterocycles. The van der Waals surface area contributed by atoms with Crippen LogP contribution in [0.4, 0.5) is 0 Å². The van der Waals surface area contributed by atoms with E-state index in [2.05, 4.69) is 36.2 Å². The molecule has 1 aromatic heterocycles. The Morgan fingerprint density at radius 2 is 1.54 bits per heavy atom. The zero-order valence-corrected chi connectivity index (χ0v) is 15.9. The lowest BCUT2D eigenvalue weighted by atomic mass is 10.0. The van der Waals surface area contributed by atoms with Crippen LogP contribution in [0.25, 0.3) is 16.7 Å². The third-order valence-electron chi connectivity index (χ3n) is 4.93. The van der Waals surface area contributed by atoms with Crippen LogP contribution in [0.2, 0.25) is 0 Å². The molecule has 0 unspecified atom stereocenters. The number of phenolic OH excluding ortho intramolecular Hbond substituents is 1. The van der Waals surface area contributed by atoms with Crippen molar-refractivity contribution in [3.63, 3.8) is 0 Å². The van der Waals surface area contributed by atoms with E-state index in [9.17, 15) is 5.11 Å². The number of phenols is 1. The predicted molar refractivity (Wildman–Crippen MR) is 107 cm³/mol. The highest BCUT2D eigenvalue weighted by atomic mass is 16.3. The molecule has 1 heterocycles. The average molecular weight is 351 g/mol. The molecule has 0 bridgehead atoms. The van der Waals surface area contributed by atoms with E-state index in [4.69, 9.17) is 0 Å². The summed E-state index contributed by atoms with van der Waals surface area (Å²) in [7, 11) is 0. The number of aromatic nitrogens is 3. The Hall–Kier alpha value is -2.36. The first-order valence-corrected chi connectivity index (χ1v) is 9.89. The first kappa shape index (κ1) is 18.4. The summed E-state index contributed by atoms with van der Waals surface area (Å²) in [5, 5.41) is 19.4. The van der Waals surface area contributed by atoms with Gasteiger partial charge in [0.15, 0.2) is 0 Å². The Kier molecular flexibility index (Phi) is 6.26. The Bertz CT molecular complexity index is 854. The summed E-state index contributed by atoms with van der Waals surface area (Å²) in [6, 6.07) is 11.9. The van der Waals surface area contributed by atoms with Crippen LogP contribution in [0.1, 0.15) is 63.5 Å². The number of nitrogens with zero attached hydrogens (tertiary/aromatic N) is 3. The fourth-order valence-electron chi connectivity index (χ4n) is 3.28. The van der Waals surface area contributed by atoms with Gasteiger partial charge in [0.2, 0.25) is 0 Å². The maximum absolute atomic E-state index is 10.3. The van der Waals surface area contributed by atoms with E-state index >= 15 is 0 Å². The molecule has 2 aromatic carbocycles. The fraction of sp³-hybridized carbons (Fsp3) is 0.455. The highest BCUT2D eigenvalue weighted by Crippen LogP contribution is 2.24. The molecule has 0 radical (unpaired) electrons. The van der Waals surface area contributed by atoms with Crippen LogP contribution >= 0.6 is 0 Å². The van der Waals surface area contributed by atoms with Crippen molar-refractivity contribution in [2.75, 3.05) is 0 Å². The summed E-state index contributed by atoms with van der Waals surface area (Å²) in [6.07, 6.45) is 9.71. The first-order valence-electron chi connectivity index (χ1n) is 9.89. The maximum atomic E-state index is 10.3. The lowest BCUT2D eigenvalue weighted by molar-refractivity contribution is 0.467. The number of aryl methyl sites for hydroxylation is 2. The molecular formula is C22H29N3O. The van der Waals surface area contributed by atoms with E-state index in [1.165, 1.54) is 49.7 Å². The molecule has 0 spiro atoms. The molecule has 3 rings (SSSR count). The van der Waals surface area contributed by atoms with Crippen molar-refractivity contribution in [3.8, 4) is 11.4 Å². The van der Waals surface area contributed by atoms with Gasteiger partial charge >= 0.3 is 0 Å². The summed E-state index contributed by atoms with van der Waals surface area (Å²) in [5.74, 6) is 0.215. The maximum Gasteiger partial charge on any atom is 0.143 e. The second kappa shape index (κ2) is 8.84. The molecule has 0 saturated carbocycles. The van der Waals surface area contributed by atoms with Crippen LogP contribution in [0.15, 0.2) is 36.4 Å². The third kappa shape index (κ3) is 4.43. The quantitative estimate of drug-likeness (QED) is 0.511. The summed E-state index contributed by atoms with van der Waals surface area (Å²) in [5.41, 5.74) is 4.84. The summed E-state index contributed by atoms with van der Waals surface area (Å²) < 4.78 is 0. The number of aromatic hydroxyl groups is 1. The van der Waals surface area contributed by atoms with Crippen LogP contribution in [-0.4, -0.2) is 20.1 Å². The molecule has 138 valence electrons. The van der Waals surface area contributed by atoms with Gasteiger partial charge in [-0.15, -0.1) is 15.0 Å². The molecule has 26 heavy (non-hydrogen) atoms. The monoisotopic (exact) mass is 351 g/mol. The van der Waals surface area contributed by atoms with E-state index in [0.29, 0.717) is 5.69 Å². The van der Waals surface area contributed by atoms with E-state index in [1.807, 2.05) is 18.2 Å². The van der Waals surface area contributed by atoms with E-state index in [0.717, 1.165) is 23.9 Å². The van der Waals surface area contributed by atoms with Crippen LogP contribution < -0.4 is 0 Å². The van der Waals surface area contributed by atoms with Gasteiger partial charge in [-0.05, 0) is 54.7 Å². The van der Waals surface area contributed by atoms with E-state index in [-0.39, 0.29) is 5.75 Å². The second-order valence-electron chi connectivity index (χ2n) is 7.01. The summed E-state index contributed by atoms with van der Waals surface area (Å²) in [6.45, 7) is 4.37. The Balaban J connectivity index is 1.73. The lowest BCUT2D eigenvalue weighted by Gasteiger charge is -2.07. The van der Waals surface area contributed by atoms with E-state index < -0.39 is 0 Å². The Morgan fingerprint density at radius 1 is 0.808 bits per heavy atom. The van der Waals surface area contributed by atoms with Crippen LogP contribution in [0.5, 0.6) is 5.75 Å². The van der Waals surface area contributed by atoms with Crippen LogP contribution in [-0.2, 0) is 12.8 Å². The second-order valence-corrected chi connectivity index (χ2v) is 7.01. The molecule has 1 N–H and O–H groups in total. The molecule has 3 aromatic rings. The molecule has 0 aliphatic carbocycles. The third-order valence-corrected chi connectivity index (χ3v) is 4.93. The van der Waals surface area contributed by atoms with Crippen LogP contribution in [0, 0.1) is 0 Å². The number of unbranched alkanes of at least 4 members (excludes halogenated alkanes) is 5. The minimum absolute atomic E-state index is 0.215. The summed E-state index contributed by atoms with van der Waals surface area (Å²) in [4.78, 5) is 1.56. The fourth-order valence-corrected chi connectivity index (χ4v) is 3.28. The molecule has 4 heteroatoms. The van der Waals surface area contributed by atoms with Crippen molar-refractivity contribution in [2.24, 2.45) is 0 Å². The number of hydrogen-bond acceptors (Lipinski definition) is 3. The molecule has 0 fully saturated rings. The topological polar surface area (TPSA) is 50.9 Å². The van der Waals surface area contributed by atoms with E-state index in [1.54, 1.807) is 10.9 Å². The van der Waals surface area contributed by atoms with Gasteiger partial charge in [0.25, 0.3) is 0 Å². The Labute approximate surface area is 155 Å². The Morgan fingerprint density at radius 3 is 2.35 bits per heavy atom. The normalized spacial score (nSPS) is 11.3. The molecule has 0 atom stereocenters. The average Bonchev–Trinajstić information content (AvgIpc) is 3.08. The summed E-state index contributed by atoms with van der Waals surface area (Å²) >= 11 is 0. The molecule has 0 amide bonds. The van der Waals surface area contributed by atoms with Crippen LogP contribution in [0.3, 0.4) is 0 Å². The smallest absolute Gasteiger partial charge is 0.143 e. The number of benzene rings is 2. The van der Waals surface area contributed by atoms with Crippen molar-refractivity contribution in [3.05, 3.63) is 47.5 Å². The molecule has 0 saturated heterocycles. The predicted octanol–water partition coefficient (Wildman–Crippen LogP) is 5.59. The highest BCUT2D eigenvalue weighted by molar-refractivity contribution is 5.74. The standard InChI is InChI=1S/C22H29N3O/c1-3-5-6-7-8-9-10-18-12-14-22(26)21(16-18)25-23-19-13-11-17(4-2)15-20(19)24-25/h11-16,26H,3-10H2,1-2H3. The minimum atomic E-state index is 0.215. The zero-order valence-electron chi connectivity index (χ0n) is 15.9. The van der Waals surface area contributed by atoms with Crippen molar-refractivity contribution in [1.82, 2.24) is 15.0 Å². The first-order chi connectivity index (χ1) is 12.7. The van der Waals surface area contributed by atoms with Crippen molar-refractivity contribution in [1.29, 1.82) is 0 Å². The molecule has 0 aliphatic rings. The number of hydrogen-bond donors (Lipinski definition) is 1. The minimum Gasteiger partial charge on any atom is -0.506 e. The van der Waals surface area contributed by atoms with Gasteiger partial charge in [0.1, 0.15) is 22.5 Å². The zero-order chi connectivity index (χ0) is 18.4. The highest BCUT2D eigenvalue weighted by Gasteiger charge is 2.10. The van der Waals surface area contributed by atoms with Gasteiger partial charge in [-0.2, -0.15) is 0 Å². The molecule has 4 nitrogen and oxygen atoms in total. The number of rotatable bonds is 9. The van der Waals surface area contributed by atoms with Gasteiger partial charge in [-0.1, -0.05) is 58.1 Å². The van der Waals surface area contributed by atoms with Crippen molar-refractivity contribution in [2.45, 2.75) is 65.2 Å². The van der Waals surface area contributed by atoms with Gasteiger partial charge in [0.05, 0.1) is 0 Å².